The molecule has 238 valence electrons. The molecule has 1 atom stereocenters. The Balaban J connectivity index is 0.000000215. The summed E-state index contributed by atoms with van der Waals surface area (Å²) in [6.45, 7) is 8.35. The van der Waals surface area contributed by atoms with Crippen molar-refractivity contribution in [3.05, 3.63) is 124 Å². The summed E-state index contributed by atoms with van der Waals surface area (Å²) in [6.07, 6.45) is 1.16. The van der Waals surface area contributed by atoms with E-state index in [4.69, 9.17) is 4.74 Å². The first-order valence-corrected chi connectivity index (χ1v) is 14.8. The molecule has 0 radical (unpaired) electrons. The molecule has 0 aromatic heterocycles. The molecule has 9 heteroatoms. The number of carboxylic acid groups (broad SMARTS) is 2. The average molecular weight is 623 g/mol. The van der Waals surface area contributed by atoms with Crippen LogP contribution in [0, 0.1) is 0 Å². The zero-order chi connectivity index (χ0) is 33.8. The van der Waals surface area contributed by atoms with Gasteiger partial charge in [-0.2, -0.15) is 0 Å². The highest BCUT2D eigenvalue weighted by Gasteiger charge is 2.45. The number of carbonyl (C=O) groups excluding carboxylic acids is 2. The third-order valence-corrected chi connectivity index (χ3v) is 8.39. The number of nitrogens with one attached hydrogen (secondary N) is 2. The Morgan fingerprint density at radius 1 is 0.696 bits per heavy atom. The molecular weight excluding hydrogens is 584 g/mol. The summed E-state index contributed by atoms with van der Waals surface area (Å²) in [5.74, 6) is -3.36. The third-order valence-electron chi connectivity index (χ3n) is 8.39. The van der Waals surface area contributed by atoms with Gasteiger partial charge in [0, 0.05) is 30.8 Å². The van der Waals surface area contributed by atoms with Crippen LogP contribution in [0.15, 0.2) is 84.9 Å². The van der Waals surface area contributed by atoms with E-state index in [0.717, 1.165) is 12.5 Å². The summed E-state index contributed by atoms with van der Waals surface area (Å²) in [6, 6.07) is 25.5. The molecule has 0 saturated carbocycles. The molecule has 4 aromatic carbocycles. The minimum absolute atomic E-state index is 0.0334. The summed E-state index contributed by atoms with van der Waals surface area (Å²) in [7, 11) is 3.34. The lowest BCUT2D eigenvalue weighted by molar-refractivity contribution is 0.0683. The predicted octanol–water partition coefficient (Wildman–Crippen LogP) is 7.15. The van der Waals surface area contributed by atoms with Gasteiger partial charge in [0.05, 0.1) is 16.7 Å². The van der Waals surface area contributed by atoms with Gasteiger partial charge in [0.1, 0.15) is 11.5 Å². The van der Waals surface area contributed by atoms with Crippen LogP contribution in [0.25, 0.3) is 0 Å². The summed E-state index contributed by atoms with van der Waals surface area (Å²) in [5.41, 5.74) is 5.44. The van der Waals surface area contributed by atoms with Gasteiger partial charge in [0.2, 0.25) is 0 Å². The fourth-order valence-corrected chi connectivity index (χ4v) is 6.19. The minimum Gasteiger partial charge on any atom is -0.478 e. The Hall–Kier alpha value is -5.44. The van der Waals surface area contributed by atoms with Gasteiger partial charge < -0.3 is 25.6 Å². The highest BCUT2D eigenvalue weighted by molar-refractivity contribution is 6.05. The number of rotatable bonds is 8. The highest BCUT2D eigenvalue weighted by Crippen LogP contribution is 2.52. The van der Waals surface area contributed by atoms with Gasteiger partial charge in [0.25, 0.3) is 5.91 Å². The van der Waals surface area contributed by atoms with E-state index in [1.54, 1.807) is 0 Å². The number of ketones is 1. The van der Waals surface area contributed by atoms with Gasteiger partial charge in [-0.3, -0.25) is 9.59 Å². The van der Waals surface area contributed by atoms with Crippen LogP contribution < -0.4 is 15.4 Å². The Kier molecular flexibility index (Phi) is 9.66. The predicted molar refractivity (Wildman–Crippen MR) is 177 cm³/mol. The monoisotopic (exact) mass is 622 g/mol. The maximum Gasteiger partial charge on any atom is 0.336 e. The molecule has 0 fully saturated rings. The number of aromatic carboxylic acids is 2. The molecule has 0 aliphatic heterocycles. The number of hydrogen-bond donors (Lipinski definition) is 4. The van der Waals surface area contributed by atoms with Gasteiger partial charge >= 0.3 is 11.9 Å². The van der Waals surface area contributed by atoms with E-state index in [2.05, 4.69) is 79.9 Å². The van der Waals surface area contributed by atoms with Crippen molar-refractivity contribution in [3.63, 3.8) is 0 Å². The molecule has 4 aromatic rings. The van der Waals surface area contributed by atoms with Crippen LogP contribution in [0.1, 0.15) is 92.2 Å². The van der Waals surface area contributed by atoms with Gasteiger partial charge in [0.15, 0.2) is 5.78 Å². The number of hydrogen-bond acceptors (Lipinski definition) is 6. The normalized spacial score (nSPS) is 15.9. The van der Waals surface area contributed by atoms with Crippen molar-refractivity contribution in [1.82, 2.24) is 5.32 Å². The lowest BCUT2D eigenvalue weighted by atomic mass is 9.75. The largest absolute Gasteiger partial charge is 0.478 e. The van der Waals surface area contributed by atoms with E-state index in [1.165, 1.54) is 66.7 Å². The van der Waals surface area contributed by atoms with Crippen molar-refractivity contribution in [2.24, 2.45) is 0 Å². The van der Waals surface area contributed by atoms with Crippen molar-refractivity contribution >= 4 is 29.3 Å². The first-order chi connectivity index (χ1) is 21.7. The van der Waals surface area contributed by atoms with E-state index >= 15 is 0 Å². The zero-order valence-corrected chi connectivity index (χ0v) is 26.7. The Bertz CT molecular complexity index is 1810. The van der Waals surface area contributed by atoms with Crippen LogP contribution in [-0.2, 0) is 10.8 Å². The maximum atomic E-state index is 11.7. The highest BCUT2D eigenvalue weighted by atomic mass is 16.5. The second-order valence-electron chi connectivity index (χ2n) is 12.0. The van der Waals surface area contributed by atoms with Gasteiger partial charge in [-0.15, -0.1) is 0 Å². The van der Waals surface area contributed by atoms with Crippen LogP contribution in [0.5, 0.6) is 11.5 Å². The second-order valence-corrected chi connectivity index (χ2v) is 12.0. The molecule has 0 heterocycles. The maximum absolute atomic E-state index is 11.7. The van der Waals surface area contributed by atoms with Crippen LogP contribution in [-0.4, -0.2) is 47.9 Å². The first kappa shape index (κ1) is 33.5. The quantitative estimate of drug-likeness (QED) is 0.152. The number of Topliss-reactive ketones (excluding diaryl/α,β-unsaturated/α-hetero) is 1. The number of ether oxygens (including phenoxy) is 1. The molecule has 0 bridgehead atoms. The fraction of sp³-hybridized carbons (Fsp3) is 0.243. The average Bonchev–Trinajstić information content (AvgIpc) is 3.26. The van der Waals surface area contributed by atoms with Crippen molar-refractivity contribution in [2.75, 3.05) is 19.4 Å². The molecule has 0 spiro atoms. The standard InChI is InChI=1S/C19H23N.C18H15NO7/c1-18(2)13-19(3,17-8-6-5-7-16(17)18)14-9-11-15(20-4)12-10-14;1-9(20)12-5-3-10(7-14(12)17(22)23)26-11-4-6-13(16(21)19-2)15(8-11)18(24)25/h5-12,20H,13H2,1-4H3;3-8H,1-2H3,(H,19,21)(H,22,23)(H,24,25). The molecule has 9 nitrogen and oxygen atoms in total. The molecule has 1 aliphatic carbocycles. The molecule has 5 rings (SSSR count). The van der Waals surface area contributed by atoms with E-state index in [0.29, 0.717) is 0 Å². The number of carboxylic acids is 2. The molecule has 1 aliphatic rings. The molecule has 4 N–H and O–H groups in total. The van der Waals surface area contributed by atoms with E-state index in [-0.39, 0.29) is 44.6 Å². The lowest BCUT2D eigenvalue weighted by Crippen LogP contribution is -2.23. The molecule has 1 unspecified atom stereocenters. The smallest absolute Gasteiger partial charge is 0.336 e. The SMILES string of the molecule is CNC(=O)c1ccc(Oc2ccc(C(C)=O)c(C(=O)O)c2)cc1C(=O)O.CNc1ccc(C2(C)CC(C)(C)c3ccccc32)cc1. The summed E-state index contributed by atoms with van der Waals surface area (Å²) < 4.78 is 5.49. The minimum atomic E-state index is -1.31. The first-order valence-electron chi connectivity index (χ1n) is 14.8. The fourth-order valence-electron chi connectivity index (χ4n) is 6.19. The Morgan fingerprint density at radius 3 is 1.72 bits per heavy atom. The van der Waals surface area contributed by atoms with Crippen molar-refractivity contribution in [2.45, 2.75) is 44.9 Å². The Labute approximate surface area is 268 Å². The third kappa shape index (κ3) is 6.78. The second kappa shape index (κ2) is 13.3. The Morgan fingerprint density at radius 2 is 1.22 bits per heavy atom. The summed E-state index contributed by atoms with van der Waals surface area (Å²) >= 11 is 0. The number of benzene rings is 4. The van der Waals surface area contributed by atoms with Crippen LogP contribution in [0.3, 0.4) is 0 Å². The van der Waals surface area contributed by atoms with Crippen LogP contribution in [0.4, 0.5) is 5.69 Å². The summed E-state index contributed by atoms with van der Waals surface area (Å²) in [5, 5.41) is 24.0. The van der Waals surface area contributed by atoms with Crippen LogP contribution >= 0.6 is 0 Å². The van der Waals surface area contributed by atoms with Gasteiger partial charge in [-0.25, -0.2) is 9.59 Å². The summed E-state index contributed by atoms with van der Waals surface area (Å²) in [4.78, 5) is 45.9. The van der Waals surface area contributed by atoms with E-state index in [1.807, 2.05) is 7.05 Å². The van der Waals surface area contributed by atoms with Gasteiger partial charge in [-0.1, -0.05) is 57.2 Å². The van der Waals surface area contributed by atoms with Crippen molar-refractivity contribution in [1.29, 1.82) is 0 Å². The topological polar surface area (TPSA) is 142 Å². The van der Waals surface area contributed by atoms with Crippen molar-refractivity contribution < 1.29 is 34.1 Å². The zero-order valence-electron chi connectivity index (χ0n) is 26.7. The number of fused-ring (bicyclic) bond motifs is 1. The van der Waals surface area contributed by atoms with Crippen LogP contribution in [0.2, 0.25) is 0 Å². The van der Waals surface area contributed by atoms with Gasteiger partial charge in [-0.05, 0) is 84.0 Å². The molecule has 1 amide bonds. The van der Waals surface area contributed by atoms with Crippen molar-refractivity contribution in [3.8, 4) is 11.5 Å². The molecular formula is C37H38N2O7. The number of anilines is 1. The van der Waals surface area contributed by atoms with E-state index < -0.39 is 23.6 Å². The molecule has 0 saturated heterocycles. The number of carbonyl (C=O) groups is 4. The molecule has 46 heavy (non-hydrogen) atoms. The number of amides is 1. The van der Waals surface area contributed by atoms with E-state index in [9.17, 15) is 29.4 Å². The lowest BCUT2D eigenvalue weighted by Gasteiger charge is -2.28.